The topological polar surface area (TPSA) is 41.9 Å². The summed E-state index contributed by atoms with van der Waals surface area (Å²) >= 11 is 5.29. The molecule has 0 aliphatic heterocycles. The van der Waals surface area contributed by atoms with E-state index in [1.807, 2.05) is 45.2 Å². The summed E-state index contributed by atoms with van der Waals surface area (Å²) in [7, 11) is 1.90. The number of nitrogens with one attached hydrogen (secondary N) is 2. The zero-order valence-electron chi connectivity index (χ0n) is 10.7. The molecule has 1 heterocycles. The molecule has 1 aromatic heterocycles. The molecule has 5 heteroatoms. The molecule has 0 aliphatic carbocycles. The molecule has 2 N–H and O–H groups in total. The lowest BCUT2D eigenvalue weighted by molar-refractivity contribution is 0.740. The number of aryl methyl sites for hydroxylation is 2. The van der Waals surface area contributed by atoms with E-state index in [1.165, 1.54) is 0 Å². The Morgan fingerprint density at radius 2 is 1.83 bits per heavy atom. The summed E-state index contributed by atoms with van der Waals surface area (Å²) in [5.74, 6) is 0. The molecule has 0 unspecified atom stereocenters. The number of nitrogens with zero attached hydrogens (tertiary/aromatic N) is 2. The van der Waals surface area contributed by atoms with Crippen molar-refractivity contribution in [3.05, 3.63) is 41.7 Å². The number of thiocarbonyl (C=S) groups is 1. The fraction of sp³-hybridized carbons (Fsp3) is 0.231. The predicted octanol–water partition coefficient (Wildman–Crippen LogP) is 2.85. The summed E-state index contributed by atoms with van der Waals surface area (Å²) in [6, 6.07) is 8.02. The maximum atomic E-state index is 5.29. The normalized spacial score (nSPS) is 10.2. The van der Waals surface area contributed by atoms with E-state index >= 15 is 0 Å². The summed E-state index contributed by atoms with van der Waals surface area (Å²) < 4.78 is 1.80. The third-order valence-corrected chi connectivity index (χ3v) is 3.08. The van der Waals surface area contributed by atoms with E-state index in [1.54, 1.807) is 10.9 Å². The molecule has 2 aromatic rings. The first-order valence-corrected chi connectivity index (χ1v) is 6.11. The Bertz CT molecular complexity index is 574. The highest BCUT2D eigenvalue weighted by Gasteiger charge is 2.06. The molecule has 0 amide bonds. The fourth-order valence-corrected chi connectivity index (χ4v) is 1.83. The van der Waals surface area contributed by atoms with E-state index in [-0.39, 0.29) is 0 Å². The van der Waals surface area contributed by atoms with Crippen LogP contribution in [0.25, 0.3) is 0 Å². The maximum absolute atomic E-state index is 5.29. The number of aromatic nitrogens is 2. The van der Waals surface area contributed by atoms with Crippen LogP contribution in [0.15, 0.2) is 30.5 Å². The second kappa shape index (κ2) is 5.18. The molecule has 0 spiro atoms. The van der Waals surface area contributed by atoms with E-state index in [9.17, 15) is 0 Å². The Morgan fingerprint density at radius 3 is 2.44 bits per heavy atom. The standard InChI is InChI=1S/C13H16N4S/c1-9-6-4-5-7-11(9)15-13(18)16-12-8-14-17(3)10(12)2/h4-8H,1-3H3,(H2,15,16,18). The van der Waals surface area contributed by atoms with Crippen LogP contribution in [0.5, 0.6) is 0 Å². The van der Waals surface area contributed by atoms with Crippen molar-refractivity contribution in [3.63, 3.8) is 0 Å². The highest BCUT2D eigenvalue weighted by molar-refractivity contribution is 7.80. The van der Waals surface area contributed by atoms with Crippen LogP contribution in [0, 0.1) is 13.8 Å². The third kappa shape index (κ3) is 2.68. The summed E-state index contributed by atoms with van der Waals surface area (Å²) in [6.07, 6.45) is 1.77. The van der Waals surface area contributed by atoms with Crippen molar-refractivity contribution in [1.29, 1.82) is 0 Å². The summed E-state index contributed by atoms with van der Waals surface area (Å²) in [6.45, 7) is 4.03. The first-order chi connectivity index (χ1) is 8.58. The van der Waals surface area contributed by atoms with Gasteiger partial charge in [-0.25, -0.2) is 0 Å². The average Bonchev–Trinajstić information content (AvgIpc) is 2.64. The van der Waals surface area contributed by atoms with Crippen molar-refractivity contribution in [2.24, 2.45) is 7.05 Å². The van der Waals surface area contributed by atoms with Gasteiger partial charge in [-0.1, -0.05) is 18.2 Å². The van der Waals surface area contributed by atoms with Crippen molar-refractivity contribution >= 4 is 28.7 Å². The van der Waals surface area contributed by atoms with Gasteiger partial charge in [-0.15, -0.1) is 0 Å². The van der Waals surface area contributed by atoms with Gasteiger partial charge in [-0.2, -0.15) is 5.10 Å². The molecule has 0 saturated heterocycles. The minimum absolute atomic E-state index is 0.570. The molecule has 18 heavy (non-hydrogen) atoms. The van der Waals surface area contributed by atoms with Crippen molar-refractivity contribution in [2.45, 2.75) is 13.8 Å². The number of hydrogen-bond acceptors (Lipinski definition) is 2. The third-order valence-electron chi connectivity index (χ3n) is 2.88. The quantitative estimate of drug-likeness (QED) is 0.815. The first-order valence-electron chi connectivity index (χ1n) is 5.70. The van der Waals surface area contributed by atoms with Crippen molar-refractivity contribution < 1.29 is 0 Å². The second-order valence-electron chi connectivity index (χ2n) is 4.16. The average molecular weight is 260 g/mol. The van der Waals surface area contributed by atoms with Gasteiger partial charge in [0.1, 0.15) is 0 Å². The Balaban J connectivity index is 2.06. The number of anilines is 2. The van der Waals surface area contributed by atoms with Gasteiger partial charge < -0.3 is 10.6 Å². The van der Waals surface area contributed by atoms with Crippen LogP contribution in [0.2, 0.25) is 0 Å². The van der Waals surface area contributed by atoms with Crippen LogP contribution in [-0.4, -0.2) is 14.9 Å². The lowest BCUT2D eigenvalue weighted by Gasteiger charge is -2.11. The Kier molecular flexibility index (Phi) is 3.62. The monoisotopic (exact) mass is 260 g/mol. The number of hydrogen-bond donors (Lipinski definition) is 2. The lowest BCUT2D eigenvalue weighted by Crippen LogP contribution is -2.19. The smallest absolute Gasteiger partial charge is 0.175 e. The van der Waals surface area contributed by atoms with E-state index in [0.717, 1.165) is 22.6 Å². The molecule has 0 radical (unpaired) electrons. The van der Waals surface area contributed by atoms with Gasteiger partial charge in [0.2, 0.25) is 0 Å². The van der Waals surface area contributed by atoms with Crippen LogP contribution in [-0.2, 0) is 7.05 Å². The van der Waals surface area contributed by atoms with E-state index in [2.05, 4.69) is 15.7 Å². The van der Waals surface area contributed by atoms with Crippen molar-refractivity contribution in [3.8, 4) is 0 Å². The molecule has 0 aliphatic rings. The number of benzene rings is 1. The molecule has 2 rings (SSSR count). The molecule has 1 aromatic carbocycles. The summed E-state index contributed by atoms with van der Waals surface area (Å²) in [5, 5.41) is 11.1. The minimum atomic E-state index is 0.570. The molecule has 0 bridgehead atoms. The SMILES string of the molecule is Cc1ccccc1NC(=S)Nc1cnn(C)c1C. The van der Waals surface area contributed by atoms with Crippen molar-refractivity contribution in [2.75, 3.05) is 10.6 Å². The van der Waals surface area contributed by atoms with Gasteiger partial charge in [-0.3, -0.25) is 4.68 Å². The second-order valence-corrected chi connectivity index (χ2v) is 4.57. The van der Waals surface area contributed by atoms with E-state index < -0.39 is 0 Å². The van der Waals surface area contributed by atoms with Crippen LogP contribution in [0.4, 0.5) is 11.4 Å². The Morgan fingerprint density at radius 1 is 1.17 bits per heavy atom. The molecule has 0 saturated carbocycles. The predicted molar refractivity (Wildman–Crippen MR) is 79.0 cm³/mol. The zero-order chi connectivity index (χ0) is 13.1. The van der Waals surface area contributed by atoms with Gasteiger partial charge in [0.15, 0.2) is 5.11 Å². The molecule has 94 valence electrons. The number of para-hydroxylation sites is 1. The Hall–Kier alpha value is -1.88. The highest BCUT2D eigenvalue weighted by atomic mass is 32.1. The van der Waals surface area contributed by atoms with Gasteiger partial charge in [0.05, 0.1) is 17.6 Å². The van der Waals surface area contributed by atoms with Crippen LogP contribution >= 0.6 is 12.2 Å². The van der Waals surface area contributed by atoms with Crippen molar-refractivity contribution in [1.82, 2.24) is 9.78 Å². The van der Waals surface area contributed by atoms with Gasteiger partial charge >= 0.3 is 0 Å². The van der Waals surface area contributed by atoms with Crippen LogP contribution in [0.3, 0.4) is 0 Å². The summed E-state index contributed by atoms with van der Waals surface area (Å²) in [5.41, 5.74) is 4.13. The highest BCUT2D eigenvalue weighted by Crippen LogP contribution is 2.15. The fourth-order valence-electron chi connectivity index (χ4n) is 1.61. The first kappa shape index (κ1) is 12.6. The lowest BCUT2D eigenvalue weighted by atomic mass is 10.2. The molecular formula is C13H16N4S. The molecule has 4 nitrogen and oxygen atoms in total. The summed E-state index contributed by atoms with van der Waals surface area (Å²) in [4.78, 5) is 0. The maximum Gasteiger partial charge on any atom is 0.175 e. The van der Waals surface area contributed by atoms with Crippen LogP contribution < -0.4 is 10.6 Å². The van der Waals surface area contributed by atoms with Gasteiger partial charge in [-0.05, 0) is 37.7 Å². The van der Waals surface area contributed by atoms with E-state index in [4.69, 9.17) is 12.2 Å². The van der Waals surface area contributed by atoms with Gasteiger partial charge in [0.25, 0.3) is 0 Å². The largest absolute Gasteiger partial charge is 0.332 e. The van der Waals surface area contributed by atoms with E-state index in [0.29, 0.717) is 5.11 Å². The molecular weight excluding hydrogens is 244 g/mol. The van der Waals surface area contributed by atoms with Crippen LogP contribution in [0.1, 0.15) is 11.3 Å². The minimum Gasteiger partial charge on any atom is -0.332 e. The molecule has 0 atom stereocenters. The Labute approximate surface area is 112 Å². The number of rotatable bonds is 2. The zero-order valence-corrected chi connectivity index (χ0v) is 11.5. The molecule has 0 fully saturated rings. The van der Waals surface area contributed by atoms with Gasteiger partial charge in [0, 0.05) is 12.7 Å².